The van der Waals surface area contributed by atoms with Crippen LogP contribution in [0.25, 0.3) is 0 Å². The number of rotatable bonds is 2. The number of carbonyl (C=O) groups is 2. The fraction of sp³-hybridized carbons (Fsp3) is 0.385. The summed E-state index contributed by atoms with van der Waals surface area (Å²) < 4.78 is 13.5. The minimum atomic E-state index is -0.504. The van der Waals surface area contributed by atoms with Gasteiger partial charge in [-0.1, -0.05) is 0 Å². The predicted octanol–water partition coefficient (Wildman–Crippen LogP) is 1.83. The monoisotopic (exact) mass is 376 g/mol. The highest BCUT2D eigenvalue weighted by atomic mass is 127. The van der Waals surface area contributed by atoms with Crippen molar-refractivity contribution >= 4 is 34.4 Å². The highest BCUT2D eigenvalue weighted by Crippen LogP contribution is 2.15. The van der Waals surface area contributed by atoms with Crippen LogP contribution >= 0.6 is 22.6 Å². The van der Waals surface area contributed by atoms with E-state index >= 15 is 0 Å². The van der Waals surface area contributed by atoms with Gasteiger partial charge in [0, 0.05) is 10.1 Å². The maximum Gasteiger partial charge on any atom is 0.253 e. The average molecular weight is 376 g/mol. The third-order valence-electron chi connectivity index (χ3n) is 3.02. The Bertz CT molecular complexity index is 507. The minimum Gasteiger partial charge on any atom is -0.354 e. The molecule has 0 spiro atoms. The molecule has 1 unspecified atom stereocenters. The molecule has 2 N–H and O–H groups in total. The molecule has 0 saturated carbocycles. The largest absolute Gasteiger partial charge is 0.354 e. The Balaban J connectivity index is 2.09. The van der Waals surface area contributed by atoms with Crippen molar-refractivity contribution in [2.45, 2.75) is 25.3 Å². The van der Waals surface area contributed by atoms with Gasteiger partial charge >= 0.3 is 0 Å². The molecule has 1 heterocycles. The van der Waals surface area contributed by atoms with Crippen molar-refractivity contribution in [3.05, 3.63) is 33.1 Å². The van der Waals surface area contributed by atoms with Gasteiger partial charge in [-0.25, -0.2) is 4.39 Å². The van der Waals surface area contributed by atoms with E-state index in [4.69, 9.17) is 0 Å². The highest BCUT2D eigenvalue weighted by Gasteiger charge is 2.23. The number of carbonyl (C=O) groups excluding carboxylic acids is 2. The van der Waals surface area contributed by atoms with Crippen LogP contribution in [0.4, 0.5) is 4.39 Å². The first-order valence-electron chi connectivity index (χ1n) is 6.11. The van der Waals surface area contributed by atoms with Gasteiger partial charge in [0.25, 0.3) is 5.91 Å². The Morgan fingerprint density at radius 1 is 1.42 bits per heavy atom. The summed E-state index contributed by atoms with van der Waals surface area (Å²) in [6.45, 7) is 0.652. The number of hydrogen-bond acceptors (Lipinski definition) is 2. The van der Waals surface area contributed by atoms with E-state index in [-0.39, 0.29) is 17.6 Å². The van der Waals surface area contributed by atoms with E-state index in [2.05, 4.69) is 10.6 Å². The molecule has 0 bridgehead atoms. The summed E-state index contributed by atoms with van der Waals surface area (Å²) in [5.41, 5.74) is 0.388. The number of halogens is 2. The molecule has 1 fully saturated rings. The lowest BCUT2D eigenvalue weighted by molar-refractivity contribution is -0.122. The van der Waals surface area contributed by atoms with Crippen molar-refractivity contribution in [3.8, 4) is 0 Å². The molecule has 1 atom stereocenters. The molecule has 0 aliphatic carbocycles. The van der Waals surface area contributed by atoms with E-state index in [0.29, 0.717) is 22.1 Å². The first-order valence-corrected chi connectivity index (χ1v) is 7.19. The van der Waals surface area contributed by atoms with Gasteiger partial charge in [-0.3, -0.25) is 9.59 Å². The lowest BCUT2D eigenvalue weighted by atomic mass is 10.1. The van der Waals surface area contributed by atoms with Gasteiger partial charge in [0.15, 0.2) is 0 Å². The SMILES string of the molecule is O=C(NC1CCCCNC1=O)c1ccc(F)cc1I. The molecule has 1 aromatic carbocycles. The normalized spacial score (nSPS) is 19.5. The van der Waals surface area contributed by atoms with Crippen LogP contribution in [0, 0.1) is 9.39 Å². The molecule has 4 nitrogen and oxygen atoms in total. The van der Waals surface area contributed by atoms with Crippen LogP contribution in [0.15, 0.2) is 18.2 Å². The number of hydrogen-bond donors (Lipinski definition) is 2. The van der Waals surface area contributed by atoms with Crippen LogP contribution < -0.4 is 10.6 Å². The van der Waals surface area contributed by atoms with Gasteiger partial charge in [0.1, 0.15) is 11.9 Å². The molecule has 1 aromatic rings. The van der Waals surface area contributed by atoms with Gasteiger partial charge in [0.05, 0.1) is 5.56 Å². The fourth-order valence-corrected chi connectivity index (χ4v) is 2.71. The average Bonchev–Trinajstić information content (AvgIpc) is 2.55. The maximum absolute atomic E-state index is 13.0. The number of amides is 2. The van der Waals surface area contributed by atoms with Gasteiger partial charge in [-0.15, -0.1) is 0 Å². The second-order valence-electron chi connectivity index (χ2n) is 4.44. The molecule has 1 saturated heterocycles. The van der Waals surface area contributed by atoms with Crippen molar-refractivity contribution < 1.29 is 14.0 Å². The van der Waals surface area contributed by atoms with Crippen molar-refractivity contribution in [2.24, 2.45) is 0 Å². The van der Waals surface area contributed by atoms with E-state index in [1.165, 1.54) is 18.2 Å². The van der Waals surface area contributed by atoms with Crippen molar-refractivity contribution in [2.75, 3.05) is 6.54 Å². The van der Waals surface area contributed by atoms with Crippen LogP contribution in [-0.4, -0.2) is 24.4 Å². The summed E-state index contributed by atoms with van der Waals surface area (Å²) in [6.07, 6.45) is 2.45. The summed E-state index contributed by atoms with van der Waals surface area (Å²) in [6, 6.07) is 3.46. The standard InChI is InChI=1S/C13H14FIN2O2/c14-8-4-5-9(10(15)7-8)12(18)17-11-3-1-2-6-16-13(11)19/h4-5,7,11H,1-3,6H2,(H,16,19)(H,17,18). The molecule has 2 amide bonds. The molecule has 1 aliphatic heterocycles. The summed E-state index contributed by atoms with van der Waals surface area (Å²) in [5.74, 6) is -0.873. The zero-order valence-electron chi connectivity index (χ0n) is 10.2. The molecule has 102 valence electrons. The first-order chi connectivity index (χ1) is 9.08. The molecule has 1 aliphatic rings. The van der Waals surface area contributed by atoms with Crippen LogP contribution in [0.1, 0.15) is 29.6 Å². The van der Waals surface area contributed by atoms with Gasteiger partial charge < -0.3 is 10.6 Å². The smallest absolute Gasteiger partial charge is 0.253 e. The highest BCUT2D eigenvalue weighted by molar-refractivity contribution is 14.1. The minimum absolute atomic E-state index is 0.150. The van der Waals surface area contributed by atoms with Crippen molar-refractivity contribution in [1.29, 1.82) is 0 Å². The summed E-state index contributed by atoms with van der Waals surface area (Å²) in [5, 5.41) is 5.47. The van der Waals surface area contributed by atoms with Crippen LogP contribution in [0.2, 0.25) is 0 Å². The molecule has 0 aromatic heterocycles. The lowest BCUT2D eigenvalue weighted by Crippen LogP contribution is -2.45. The second kappa shape index (κ2) is 6.31. The zero-order valence-corrected chi connectivity index (χ0v) is 12.4. The Morgan fingerprint density at radius 2 is 2.21 bits per heavy atom. The molecular formula is C13H14FIN2O2. The van der Waals surface area contributed by atoms with E-state index < -0.39 is 6.04 Å². The topological polar surface area (TPSA) is 58.2 Å². The molecular weight excluding hydrogens is 362 g/mol. The van der Waals surface area contributed by atoms with E-state index in [9.17, 15) is 14.0 Å². The Hall–Kier alpha value is -1.18. The third-order valence-corrected chi connectivity index (χ3v) is 3.91. The molecule has 6 heteroatoms. The summed E-state index contributed by atoms with van der Waals surface area (Å²) >= 11 is 1.91. The number of nitrogens with one attached hydrogen (secondary N) is 2. The second-order valence-corrected chi connectivity index (χ2v) is 5.60. The number of benzene rings is 1. The van der Waals surface area contributed by atoms with E-state index in [1.807, 2.05) is 22.6 Å². The van der Waals surface area contributed by atoms with E-state index in [0.717, 1.165) is 12.8 Å². The van der Waals surface area contributed by atoms with E-state index in [1.54, 1.807) is 0 Å². The first kappa shape index (κ1) is 14.2. The molecule has 19 heavy (non-hydrogen) atoms. The Labute approximate surface area is 124 Å². The third kappa shape index (κ3) is 3.65. The lowest BCUT2D eigenvalue weighted by Gasteiger charge is -2.15. The van der Waals surface area contributed by atoms with Crippen molar-refractivity contribution in [1.82, 2.24) is 10.6 Å². The molecule has 0 radical (unpaired) electrons. The van der Waals surface area contributed by atoms with Gasteiger partial charge in [0.2, 0.25) is 5.91 Å². The fourth-order valence-electron chi connectivity index (χ4n) is 1.99. The Morgan fingerprint density at radius 3 is 2.95 bits per heavy atom. The molecule has 2 rings (SSSR count). The van der Waals surface area contributed by atoms with Crippen LogP contribution in [0.5, 0.6) is 0 Å². The summed E-state index contributed by atoms with van der Waals surface area (Å²) in [7, 11) is 0. The maximum atomic E-state index is 13.0. The van der Waals surface area contributed by atoms with Gasteiger partial charge in [-0.05, 0) is 60.1 Å². The van der Waals surface area contributed by atoms with Crippen molar-refractivity contribution in [3.63, 3.8) is 0 Å². The zero-order chi connectivity index (χ0) is 13.8. The van der Waals surface area contributed by atoms with Gasteiger partial charge in [-0.2, -0.15) is 0 Å². The predicted molar refractivity (Wildman–Crippen MR) is 77.2 cm³/mol. The quantitative estimate of drug-likeness (QED) is 0.774. The van der Waals surface area contributed by atoms with Crippen LogP contribution in [-0.2, 0) is 4.79 Å². The summed E-state index contributed by atoms with van der Waals surface area (Å²) in [4.78, 5) is 23.8. The van der Waals surface area contributed by atoms with Crippen LogP contribution in [0.3, 0.4) is 0 Å². The Kier molecular flexibility index (Phi) is 4.73.